The third-order valence-electron chi connectivity index (χ3n) is 2.66. The van der Waals surface area contributed by atoms with E-state index in [-0.39, 0.29) is 11.8 Å². The molecule has 1 radical (unpaired) electrons. The van der Waals surface area contributed by atoms with Crippen LogP contribution in [0.5, 0.6) is 0 Å². The topological polar surface area (TPSA) is 20.3 Å². The molecule has 0 heterocycles. The van der Waals surface area contributed by atoms with Crippen molar-refractivity contribution in [2.24, 2.45) is 5.92 Å². The van der Waals surface area contributed by atoms with Gasteiger partial charge in [-0.15, -0.1) is 0 Å². The van der Waals surface area contributed by atoms with E-state index >= 15 is 0 Å². The van der Waals surface area contributed by atoms with Crippen molar-refractivity contribution < 1.29 is 4.79 Å². The molecule has 0 aromatic heterocycles. The zero-order chi connectivity index (χ0) is 12.8. The van der Waals surface area contributed by atoms with Gasteiger partial charge in [-0.25, -0.2) is 0 Å². The highest BCUT2D eigenvalue weighted by atomic mass is 35.5. The number of carbonyl (C=O) groups excluding carboxylic acids is 1. The van der Waals surface area contributed by atoms with E-state index in [1.165, 1.54) is 5.56 Å². The van der Waals surface area contributed by atoms with Crippen molar-refractivity contribution in [3.63, 3.8) is 0 Å². The minimum absolute atomic E-state index is 0.0296. The van der Waals surface area contributed by atoms with Crippen molar-refractivity contribution in [1.82, 2.24) is 4.90 Å². The van der Waals surface area contributed by atoms with Crippen LogP contribution < -0.4 is 0 Å². The van der Waals surface area contributed by atoms with E-state index in [0.717, 1.165) is 11.4 Å². The lowest BCUT2D eigenvalue weighted by molar-refractivity contribution is -0.133. The predicted octanol–water partition coefficient (Wildman–Crippen LogP) is 3.20. The highest BCUT2D eigenvalue weighted by Crippen LogP contribution is 2.11. The van der Waals surface area contributed by atoms with Gasteiger partial charge in [0.2, 0.25) is 5.91 Å². The van der Waals surface area contributed by atoms with E-state index in [1.807, 2.05) is 38.1 Å². The number of benzene rings is 1. The first-order chi connectivity index (χ1) is 8.04. The summed E-state index contributed by atoms with van der Waals surface area (Å²) in [5.41, 5.74) is 1.18. The molecule has 1 rings (SSSR count). The minimum Gasteiger partial charge on any atom is -0.342 e. The molecule has 0 spiro atoms. The maximum Gasteiger partial charge on any atom is 0.225 e. The zero-order valence-corrected chi connectivity index (χ0v) is 11.2. The highest BCUT2D eigenvalue weighted by molar-refractivity contribution is 6.30. The standard InChI is InChI=1S/C14H19ClNO/c1-4-16(14(17)11(2)3)10-9-12-5-7-13(15)8-6-12/h5-8,11H,1,4,9-10H2,2-3H3. The van der Waals surface area contributed by atoms with Gasteiger partial charge in [-0.3, -0.25) is 4.79 Å². The Kier molecular flexibility index (Phi) is 5.49. The van der Waals surface area contributed by atoms with Crippen molar-refractivity contribution in [2.45, 2.75) is 20.3 Å². The second-order valence-electron chi connectivity index (χ2n) is 4.36. The molecule has 0 bridgehead atoms. The molecule has 2 nitrogen and oxygen atoms in total. The van der Waals surface area contributed by atoms with E-state index in [9.17, 15) is 4.79 Å². The lowest BCUT2D eigenvalue weighted by Gasteiger charge is -2.22. The average molecular weight is 253 g/mol. The van der Waals surface area contributed by atoms with Gasteiger partial charge in [0, 0.05) is 24.0 Å². The third kappa shape index (κ3) is 4.39. The minimum atomic E-state index is 0.0296. The fourth-order valence-electron chi connectivity index (χ4n) is 1.61. The molecule has 0 aliphatic rings. The smallest absolute Gasteiger partial charge is 0.225 e. The number of rotatable bonds is 5. The Hall–Kier alpha value is -1.02. The molecular formula is C14H19ClNO. The van der Waals surface area contributed by atoms with Crippen LogP contribution in [0.2, 0.25) is 5.02 Å². The Labute approximate surface area is 109 Å². The second-order valence-corrected chi connectivity index (χ2v) is 4.79. The van der Waals surface area contributed by atoms with Gasteiger partial charge in [-0.1, -0.05) is 37.6 Å². The Morgan fingerprint density at radius 3 is 2.41 bits per heavy atom. The van der Waals surface area contributed by atoms with Crippen molar-refractivity contribution in [2.75, 3.05) is 13.1 Å². The molecule has 0 aliphatic heterocycles. The van der Waals surface area contributed by atoms with Crippen molar-refractivity contribution in [3.05, 3.63) is 41.8 Å². The summed E-state index contributed by atoms with van der Waals surface area (Å²) in [6.07, 6.45) is 0.838. The quantitative estimate of drug-likeness (QED) is 0.788. The van der Waals surface area contributed by atoms with Crippen molar-refractivity contribution in [1.29, 1.82) is 0 Å². The third-order valence-corrected chi connectivity index (χ3v) is 2.91. The maximum absolute atomic E-state index is 11.8. The molecule has 0 saturated carbocycles. The SMILES string of the molecule is [CH2]CN(CCc1ccc(Cl)cc1)C(=O)C(C)C. The number of hydrogen-bond acceptors (Lipinski definition) is 1. The normalized spacial score (nSPS) is 10.6. The number of carbonyl (C=O) groups is 1. The van der Waals surface area contributed by atoms with Crippen LogP contribution in [0.1, 0.15) is 19.4 Å². The zero-order valence-electron chi connectivity index (χ0n) is 10.4. The summed E-state index contributed by atoms with van der Waals surface area (Å²) in [6, 6.07) is 7.72. The van der Waals surface area contributed by atoms with E-state index in [4.69, 9.17) is 11.6 Å². The Balaban J connectivity index is 2.53. The summed E-state index contributed by atoms with van der Waals surface area (Å²) in [7, 11) is 0. The lowest BCUT2D eigenvalue weighted by atomic mass is 10.1. The second kappa shape index (κ2) is 6.65. The van der Waals surface area contributed by atoms with Gasteiger partial charge < -0.3 is 4.90 Å². The maximum atomic E-state index is 11.8. The Morgan fingerprint density at radius 2 is 1.94 bits per heavy atom. The molecule has 1 aromatic carbocycles. The van der Waals surface area contributed by atoms with Crippen LogP contribution in [0.25, 0.3) is 0 Å². The van der Waals surface area contributed by atoms with Gasteiger partial charge in [0.05, 0.1) is 0 Å². The molecule has 0 saturated heterocycles. The number of nitrogens with zero attached hydrogens (tertiary/aromatic N) is 1. The number of halogens is 1. The van der Waals surface area contributed by atoms with Crippen LogP contribution in [0, 0.1) is 12.8 Å². The first-order valence-electron chi connectivity index (χ1n) is 5.87. The first kappa shape index (κ1) is 14.0. The van der Waals surface area contributed by atoms with E-state index in [1.54, 1.807) is 4.90 Å². The van der Waals surface area contributed by atoms with Crippen LogP contribution in [0.15, 0.2) is 24.3 Å². The summed E-state index contributed by atoms with van der Waals surface area (Å²) >= 11 is 5.82. The van der Waals surface area contributed by atoms with Crippen molar-refractivity contribution >= 4 is 17.5 Å². The molecule has 0 N–H and O–H groups in total. The average Bonchev–Trinajstić information content (AvgIpc) is 2.31. The molecular weight excluding hydrogens is 234 g/mol. The Morgan fingerprint density at radius 1 is 1.35 bits per heavy atom. The molecule has 0 fully saturated rings. The molecule has 3 heteroatoms. The summed E-state index contributed by atoms with van der Waals surface area (Å²) < 4.78 is 0. The first-order valence-corrected chi connectivity index (χ1v) is 6.25. The van der Waals surface area contributed by atoms with Gasteiger partial charge in [0.25, 0.3) is 0 Å². The van der Waals surface area contributed by atoms with Gasteiger partial charge in [0.1, 0.15) is 0 Å². The molecule has 17 heavy (non-hydrogen) atoms. The summed E-state index contributed by atoms with van der Waals surface area (Å²) in [4.78, 5) is 13.6. The summed E-state index contributed by atoms with van der Waals surface area (Å²) in [5.74, 6) is 0.191. The van der Waals surface area contributed by atoms with E-state index in [2.05, 4.69) is 6.92 Å². The Bertz CT molecular complexity index is 359. The van der Waals surface area contributed by atoms with Crippen LogP contribution >= 0.6 is 11.6 Å². The lowest BCUT2D eigenvalue weighted by Crippen LogP contribution is -2.35. The highest BCUT2D eigenvalue weighted by Gasteiger charge is 2.14. The van der Waals surface area contributed by atoms with Crippen LogP contribution in [-0.2, 0) is 11.2 Å². The van der Waals surface area contributed by atoms with Crippen LogP contribution in [0.4, 0.5) is 0 Å². The fraction of sp³-hybridized carbons (Fsp3) is 0.429. The van der Waals surface area contributed by atoms with Gasteiger partial charge >= 0.3 is 0 Å². The van der Waals surface area contributed by atoms with E-state index < -0.39 is 0 Å². The van der Waals surface area contributed by atoms with Crippen LogP contribution in [-0.4, -0.2) is 23.9 Å². The molecule has 1 amide bonds. The molecule has 0 aliphatic carbocycles. The van der Waals surface area contributed by atoms with Crippen LogP contribution in [0.3, 0.4) is 0 Å². The predicted molar refractivity (Wildman–Crippen MR) is 71.9 cm³/mol. The van der Waals surface area contributed by atoms with Gasteiger partial charge in [-0.05, 0) is 31.0 Å². The monoisotopic (exact) mass is 252 g/mol. The fourth-order valence-corrected chi connectivity index (χ4v) is 1.74. The number of amides is 1. The largest absolute Gasteiger partial charge is 0.342 e. The number of hydrogen-bond donors (Lipinski definition) is 0. The molecule has 0 atom stereocenters. The summed E-state index contributed by atoms with van der Waals surface area (Å²) in [6.45, 7) is 8.85. The molecule has 1 aromatic rings. The molecule has 93 valence electrons. The van der Waals surface area contributed by atoms with Crippen molar-refractivity contribution in [3.8, 4) is 0 Å². The van der Waals surface area contributed by atoms with Gasteiger partial charge in [-0.2, -0.15) is 0 Å². The van der Waals surface area contributed by atoms with Gasteiger partial charge in [0.15, 0.2) is 0 Å². The molecule has 0 unspecified atom stereocenters. The summed E-state index contributed by atoms with van der Waals surface area (Å²) in [5, 5.41) is 0.737. The van der Waals surface area contributed by atoms with E-state index in [0.29, 0.717) is 13.1 Å².